The van der Waals surface area contributed by atoms with Gasteiger partial charge in [0.25, 0.3) is 6.47 Å². The van der Waals surface area contributed by atoms with Crippen molar-refractivity contribution in [3.63, 3.8) is 0 Å². The van der Waals surface area contributed by atoms with E-state index in [0.717, 1.165) is 10.8 Å². The van der Waals surface area contributed by atoms with Gasteiger partial charge in [-0.2, -0.15) is 38.5 Å². The highest BCUT2D eigenvalue weighted by atomic mass is 35.5. The fourth-order valence-corrected chi connectivity index (χ4v) is 13.1. The number of hydrazine groups is 1. The first-order valence-electron chi connectivity index (χ1n) is 34.7. The topological polar surface area (TPSA) is 720 Å². The van der Waals surface area contributed by atoms with Gasteiger partial charge in [0, 0.05) is 121 Å². The largest absolute Gasteiger partial charge is 0.489 e. The fraction of sp³-hybridized carbons (Fsp3) is 0.176. The molecule has 0 amide bonds. The molecule has 64 heteroatoms. The number of benzene rings is 2. The molecule has 704 valence electrons. The minimum atomic E-state index is -1.54. The maximum atomic E-state index is 10.8. The van der Waals surface area contributed by atoms with Crippen LogP contribution in [0, 0.1) is 41.4 Å². The first-order valence-corrected chi connectivity index (χ1v) is 42.5. The minimum Gasteiger partial charge on any atom is -0.483 e. The second-order valence-corrected chi connectivity index (χ2v) is 29.5. The number of rotatable bonds is 22. The number of nitrogen functional groups attached to an aromatic ring is 4. The maximum absolute atomic E-state index is 10.8. The van der Waals surface area contributed by atoms with E-state index >= 15 is 0 Å². The standard InChI is InChI=1S/C18H15Cl2N9O2.C12H12ClN9O2.C7H11N5O2.C6H5BCl2O2.C6H5ClN4S.C5H2Cl2N4.C5H4Cl2N2S.C5H7ClN4S.CH2O2.3CH4.H2N2.H2/c19-10-1-2-11(12(20)7-10)13-8-16-24-9-25-28(16)18(26-13)23-6-5-22-15-4-3-14(29(30)31)17(21)27-15;13-8-5-10-17-6-18-21(10)12(19-8)16-4-3-15-9-2-1-7(22(23)24)11(14)20-9;8-3-4-10-6-2-1-5(12(13)14)7(9)11-6;8-4-1-2-5(7(10)11)6(9)3-4;1-12-6-10-4(7)2-5-8-3-9-11(5)6;6-3-1-4-8-2-9-11(4)5(7)10-3;1-10-5-8-3(6)2-4(7)9-5;1-11-5-8-3(6)2-4(9-5)10-7;2-1-3;;;;1-2;/h1-4,7-9H,5-6H2,(H,23,26)(H3,21,22,27);1-2,5-6H,3-4H2,(H,16,19)(H3,14,15,20);1-2H,3-4,8H2,(H3,9,10,11);1-3,10-11H;2-3H,1H3;1-2H;2H,1H3;2H,7H2,1H3,(H,8,9,10);1H,(H,2,3);3*1H4;1-2H;1H. The molecule has 15 aromatic rings. The molecule has 21 N–H and O–H groups in total. The van der Waals surface area contributed by atoms with E-state index in [1.54, 1.807) is 63.6 Å². The number of thioether (sulfide) groups is 3. The number of hydrogen-bond donors (Lipinski definition) is 16. The van der Waals surface area contributed by atoms with Gasteiger partial charge in [-0.3, -0.25) is 35.1 Å². The molecular weight excluding hydrogens is 2020 g/mol. The summed E-state index contributed by atoms with van der Waals surface area (Å²) < 4.78 is 6.13. The summed E-state index contributed by atoms with van der Waals surface area (Å²) in [5.74, 6) is 7.53. The Morgan fingerprint density at radius 2 is 0.818 bits per heavy atom. The number of carboxylic acid groups (broad SMARTS) is 1. The molecule has 13 aromatic heterocycles. The van der Waals surface area contributed by atoms with Crippen LogP contribution in [0.25, 0.3) is 33.8 Å². The van der Waals surface area contributed by atoms with Crippen LogP contribution in [-0.4, -0.2) is 215 Å². The van der Waals surface area contributed by atoms with Crippen LogP contribution < -0.4 is 66.2 Å². The number of carbonyl (C=O) groups is 1. The van der Waals surface area contributed by atoms with Gasteiger partial charge in [-0.25, -0.2) is 91.7 Å². The SMILES string of the molecule is C.C.C.CSc1nc(Cl)cc(Cl)n1.CSc1nc(Cl)cc(NN)n1.CSc1nc(Cl)cc2ncnn12.Clc1cc2ncnn2c(Cl)n1.N=N.NCCNc1ccc([N+](=O)[O-])c(N)n1.Nc1nc(NCCNc2nc(-c3ccc(Cl)cc3Cl)cc3ncnn23)ccc1[N+](=O)[O-].Nc1nc(NCCNc2nc(Cl)cc3ncnn23)ccc1[N+](=O)[O-].O=CO.OB(O)c1ccc(Cl)cc1Cl.[HH]. The van der Waals surface area contributed by atoms with Gasteiger partial charge < -0.3 is 70.1 Å². The molecule has 15 rings (SSSR count). The first-order chi connectivity index (χ1) is 61.7. The summed E-state index contributed by atoms with van der Waals surface area (Å²) >= 11 is 67.6. The number of nitrogens with one attached hydrogen (secondary N) is 8. The molecule has 0 atom stereocenters. The summed E-state index contributed by atoms with van der Waals surface area (Å²) in [4.78, 5) is 98.7. The van der Waals surface area contributed by atoms with Crippen molar-refractivity contribution in [3.05, 3.63) is 221 Å². The molecule has 0 saturated heterocycles. The van der Waals surface area contributed by atoms with Gasteiger partial charge in [0.15, 0.2) is 38.1 Å². The third-order valence-corrected chi connectivity index (χ3v) is 18.8. The lowest BCUT2D eigenvalue weighted by molar-refractivity contribution is -0.384. The molecule has 0 fully saturated rings. The lowest BCUT2D eigenvalue weighted by atomic mass is 9.80. The van der Waals surface area contributed by atoms with Crippen LogP contribution in [0.1, 0.15) is 23.7 Å². The zero-order valence-corrected chi connectivity index (χ0v) is 76.5. The number of aromatic nitrogens is 23. The number of pyridine rings is 3. The zero-order chi connectivity index (χ0) is 95.0. The Balaban J connectivity index is 0.000000527. The number of nitrogens with two attached hydrogens (primary N) is 5. The van der Waals surface area contributed by atoms with E-state index in [1.165, 1.54) is 124 Å². The number of anilines is 9. The molecule has 2 aromatic carbocycles. The van der Waals surface area contributed by atoms with E-state index in [-0.39, 0.29) is 80.5 Å². The van der Waals surface area contributed by atoms with E-state index in [1.807, 2.05) is 18.8 Å². The van der Waals surface area contributed by atoms with Crippen molar-refractivity contribution in [1.29, 1.82) is 11.1 Å². The Bertz CT molecular complexity index is 6230. The van der Waals surface area contributed by atoms with E-state index in [0.29, 0.717) is 159 Å². The normalized spacial score (nSPS) is 9.92. The predicted octanol–water partition coefficient (Wildman–Crippen LogP) is 14.3. The van der Waals surface area contributed by atoms with E-state index in [4.69, 9.17) is 187 Å². The molecule has 13 heterocycles. The molecular formula is C68H79BCl11N39O10S3. The Hall–Kier alpha value is -12.1. The van der Waals surface area contributed by atoms with E-state index in [2.05, 4.69) is 127 Å². The van der Waals surface area contributed by atoms with Crippen molar-refractivity contribution >= 4 is 274 Å². The number of fused-ring (bicyclic) bond motifs is 4. The number of nitro groups is 3. The highest BCUT2D eigenvalue weighted by Crippen LogP contribution is 2.32. The maximum Gasteiger partial charge on any atom is 0.489 e. The van der Waals surface area contributed by atoms with Crippen LogP contribution in [0.4, 0.5) is 69.7 Å². The molecule has 0 saturated carbocycles. The Morgan fingerprint density at radius 3 is 1.23 bits per heavy atom. The average molecular weight is 2100 g/mol. The Labute approximate surface area is 817 Å². The van der Waals surface area contributed by atoms with Crippen LogP contribution in [0.3, 0.4) is 0 Å². The van der Waals surface area contributed by atoms with E-state index in [9.17, 15) is 30.3 Å². The van der Waals surface area contributed by atoms with Crippen LogP contribution in [0.2, 0.25) is 56.3 Å². The molecule has 49 nitrogen and oxygen atoms in total. The van der Waals surface area contributed by atoms with Gasteiger partial charge in [-0.15, -0.1) is 0 Å². The van der Waals surface area contributed by atoms with Gasteiger partial charge in [0.1, 0.15) is 79.5 Å². The third-order valence-electron chi connectivity index (χ3n) is 14.5. The quantitative estimate of drug-likeness (QED) is 0.00286. The summed E-state index contributed by atoms with van der Waals surface area (Å²) in [5.41, 5.74) is 37.6. The molecule has 0 spiro atoms. The fourth-order valence-electron chi connectivity index (χ4n) is 9.19. The van der Waals surface area contributed by atoms with Crippen LogP contribution in [0.15, 0.2) is 150 Å². The van der Waals surface area contributed by atoms with Crippen molar-refractivity contribution in [2.24, 2.45) is 11.6 Å². The molecule has 132 heavy (non-hydrogen) atoms. The zero-order valence-electron chi connectivity index (χ0n) is 65.7. The summed E-state index contributed by atoms with van der Waals surface area (Å²) in [7, 11) is -1.54. The molecule has 0 aliphatic heterocycles. The smallest absolute Gasteiger partial charge is 0.483 e. The summed E-state index contributed by atoms with van der Waals surface area (Å²) in [5, 5.41) is 93.5. The summed E-state index contributed by atoms with van der Waals surface area (Å²) in [6.07, 6.45) is 11.3. The Kier molecular flexibility index (Phi) is 50.6. The second kappa shape index (κ2) is 58.6. The molecule has 0 radical (unpaired) electrons. The number of hydrogen-bond acceptors (Lipinski definition) is 44. The number of nitrogens with zero attached hydrogens (tertiary/aromatic N) is 26. The van der Waals surface area contributed by atoms with Gasteiger partial charge >= 0.3 is 24.2 Å². The molecule has 0 bridgehead atoms. The van der Waals surface area contributed by atoms with Gasteiger partial charge in [-0.1, -0.05) is 180 Å². The number of halogens is 11. The van der Waals surface area contributed by atoms with Crippen LogP contribution >= 0.6 is 163 Å². The minimum absolute atomic E-state index is 0. The first kappa shape index (κ1) is 114. The van der Waals surface area contributed by atoms with Gasteiger partial charge in [-0.05, 0) is 78.9 Å². The summed E-state index contributed by atoms with van der Waals surface area (Å²) in [6.45, 7) is 2.57. The molecule has 0 aliphatic carbocycles. The van der Waals surface area contributed by atoms with Crippen molar-refractivity contribution in [2.75, 3.05) is 107 Å². The lowest BCUT2D eigenvalue weighted by Crippen LogP contribution is -2.30. The molecule has 0 unspecified atom stereocenters. The van der Waals surface area contributed by atoms with E-state index < -0.39 is 21.9 Å². The van der Waals surface area contributed by atoms with Gasteiger partial charge in [0.05, 0.1) is 25.5 Å². The average Bonchev–Trinajstić information content (AvgIpc) is 1.72. The second-order valence-electron chi connectivity index (χ2n) is 22.9. The summed E-state index contributed by atoms with van der Waals surface area (Å²) in [6, 6.07) is 27.7. The van der Waals surface area contributed by atoms with Crippen molar-refractivity contribution < 1.29 is 36.1 Å². The van der Waals surface area contributed by atoms with Crippen molar-refractivity contribution in [3.8, 4) is 11.3 Å². The highest BCUT2D eigenvalue weighted by molar-refractivity contribution is 7.98. The third kappa shape index (κ3) is 36.2. The van der Waals surface area contributed by atoms with Crippen molar-refractivity contribution in [1.82, 2.24) is 113 Å². The predicted molar refractivity (Wildman–Crippen MR) is 521 cm³/mol. The van der Waals surface area contributed by atoms with Crippen molar-refractivity contribution in [2.45, 2.75) is 37.7 Å². The Morgan fingerprint density at radius 1 is 0.447 bits per heavy atom. The van der Waals surface area contributed by atoms with Gasteiger partial charge in [0.2, 0.25) is 34.6 Å². The monoisotopic (exact) mass is 2090 g/mol. The lowest BCUT2D eigenvalue weighted by Gasteiger charge is -2.11. The molecule has 0 aliphatic rings. The highest BCUT2D eigenvalue weighted by Gasteiger charge is 2.19. The van der Waals surface area contributed by atoms with Crippen LogP contribution in [0.5, 0.6) is 0 Å². The van der Waals surface area contributed by atoms with Crippen LogP contribution in [-0.2, 0) is 4.79 Å².